The summed E-state index contributed by atoms with van der Waals surface area (Å²) in [6.07, 6.45) is 2.72. The Morgan fingerprint density at radius 1 is 1.36 bits per heavy atom. The van der Waals surface area contributed by atoms with Gasteiger partial charge in [-0.25, -0.2) is 4.39 Å². The number of H-pyrrole nitrogens is 1. The summed E-state index contributed by atoms with van der Waals surface area (Å²) in [6, 6.07) is 6.87. The minimum atomic E-state index is -0.201. The molecule has 116 valence electrons. The first-order valence-electron chi connectivity index (χ1n) is 7.62. The first kappa shape index (κ1) is 14.8. The Balaban J connectivity index is 1.64. The van der Waals surface area contributed by atoms with Crippen LogP contribution in [0.25, 0.3) is 0 Å². The molecule has 1 aliphatic carbocycles. The second kappa shape index (κ2) is 5.91. The summed E-state index contributed by atoms with van der Waals surface area (Å²) in [4.78, 5) is 12.3. The van der Waals surface area contributed by atoms with Gasteiger partial charge in [-0.2, -0.15) is 5.10 Å². The van der Waals surface area contributed by atoms with Crippen LogP contribution in [0.5, 0.6) is 0 Å². The molecule has 0 spiro atoms. The van der Waals surface area contributed by atoms with E-state index in [-0.39, 0.29) is 17.8 Å². The van der Waals surface area contributed by atoms with Crippen molar-refractivity contribution in [3.8, 4) is 0 Å². The Hall–Kier alpha value is -2.17. The number of hydrogen-bond donors (Lipinski definition) is 2. The standard InChI is InChI=1S/C17H20FN3O/c1-10-11(2)20-21-16(10)17(22)19-15-7-6-13(9-15)12-4-3-5-14(18)8-12/h3-5,8,13,15H,6-7,9H2,1-2H3,(H,19,22)(H,20,21). The van der Waals surface area contributed by atoms with Crippen molar-refractivity contribution >= 4 is 5.91 Å². The molecular weight excluding hydrogens is 281 g/mol. The lowest BCUT2D eigenvalue weighted by molar-refractivity contribution is 0.0932. The summed E-state index contributed by atoms with van der Waals surface area (Å²) in [5.41, 5.74) is 3.28. The average Bonchev–Trinajstić information content (AvgIpc) is 3.07. The fourth-order valence-electron chi connectivity index (χ4n) is 3.14. The Kier molecular flexibility index (Phi) is 3.96. The number of carbonyl (C=O) groups excluding carboxylic acids is 1. The molecular formula is C17H20FN3O. The van der Waals surface area contributed by atoms with Crippen LogP contribution in [-0.2, 0) is 0 Å². The molecule has 0 aliphatic heterocycles. The molecule has 1 fully saturated rings. The van der Waals surface area contributed by atoms with Crippen molar-refractivity contribution in [2.24, 2.45) is 0 Å². The minimum Gasteiger partial charge on any atom is -0.348 e. The van der Waals surface area contributed by atoms with E-state index in [0.717, 1.165) is 36.1 Å². The summed E-state index contributed by atoms with van der Waals surface area (Å²) in [5, 5.41) is 9.94. The average molecular weight is 301 g/mol. The van der Waals surface area contributed by atoms with Gasteiger partial charge in [0.25, 0.3) is 5.91 Å². The van der Waals surface area contributed by atoms with Crippen LogP contribution >= 0.6 is 0 Å². The summed E-state index contributed by atoms with van der Waals surface area (Å²) in [7, 11) is 0. The quantitative estimate of drug-likeness (QED) is 0.914. The van der Waals surface area contributed by atoms with Crippen LogP contribution in [0.4, 0.5) is 4.39 Å². The SMILES string of the molecule is Cc1[nH]nc(C(=O)NC2CCC(c3cccc(F)c3)C2)c1C. The summed E-state index contributed by atoms with van der Waals surface area (Å²) < 4.78 is 13.3. The molecule has 1 heterocycles. The molecule has 2 unspecified atom stereocenters. The van der Waals surface area contributed by atoms with E-state index in [1.54, 1.807) is 12.1 Å². The van der Waals surface area contributed by atoms with Gasteiger partial charge in [0.1, 0.15) is 5.82 Å². The van der Waals surface area contributed by atoms with Gasteiger partial charge in [-0.05, 0) is 56.7 Å². The molecule has 3 rings (SSSR count). The normalized spacial score (nSPS) is 21.0. The highest BCUT2D eigenvalue weighted by atomic mass is 19.1. The summed E-state index contributed by atoms with van der Waals surface area (Å²) in [5.74, 6) is -0.0256. The van der Waals surface area contributed by atoms with E-state index >= 15 is 0 Å². The van der Waals surface area contributed by atoms with E-state index in [1.807, 2.05) is 19.9 Å². The number of hydrogen-bond acceptors (Lipinski definition) is 2. The summed E-state index contributed by atoms with van der Waals surface area (Å²) in [6.45, 7) is 3.78. The van der Waals surface area contributed by atoms with E-state index in [0.29, 0.717) is 11.6 Å². The second-order valence-electron chi connectivity index (χ2n) is 6.06. The van der Waals surface area contributed by atoms with Gasteiger partial charge in [-0.1, -0.05) is 12.1 Å². The molecule has 1 aromatic heterocycles. The zero-order valence-corrected chi connectivity index (χ0v) is 12.8. The van der Waals surface area contributed by atoms with Crippen LogP contribution in [0.3, 0.4) is 0 Å². The number of aromatic nitrogens is 2. The van der Waals surface area contributed by atoms with Crippen molar-refractivity contribution in [1.82, 2.24) is 15.5 Å². The smallest absolute Gasteiger partial charge is 0.272 e. The topological polar surface area (TPSA) is 57.8 Å². The molecule has 0 saturated heterocycles. The number of aryl methyl sites for hydroxylation is 1. The highest BCUT2D eigenvalue weighted by molar-refractivity contribution is 5.94. The molecule has 1 aromatic carbocycles. The Bertz CT molecular complexity index is 695. The first-order valence-corrected chi connectivity index (χ1v) is 7.62. The van der Waals surface area contributed by atoms with Gasteiger partial charge in [-0.15, -0.1) is 0 Å². The number of nitrogens with zero attached hydrogens (tertiary/aromatic N) is 1. The molecule has 2 N–H and O–H groups in total. The van der Waals surface area contributed by atoms with Gasteiger partial charge in [-0.3, -0.25) is 9.89 Å². The molecule has 0 radical (unpaired) electrons. The lowest BCUT2D eigenvalue weighted by Gasteiger charge is -2.13. The molecule has 5 heteroatoms. The molecule has 2 aromatic rings. The van der Waals surface area contributed by atoms with Crippen LogP contribution in [0.1, 0.15) is 52.5 Å². The van der Waals surface area contributed by atoms with Crippen molar-refractivity contribution in [2.45, 2.75) is 45.1 Å². The maximum atomic E-state index is 13.3. The zero-order valence-electron chi connectivity index (χ0n) is 12.8. The van der Waals surface area contributed by atoms with Crippen molar-refractivity contribution in [1.29, 1.82) is 0 Å². The van der Waals surface area contributed by atoms with E-state index < -0.39 is 0 Å². The van der Waals surface area contributed by atoms with Crippen LogP contribution < -0.4 is 5.32 Å². The monoisotopic (exact) mass is 301 g/mol. The van der Waals surface area contributed by atoms with Gasteiger partial charge in [0.05, 0.1) is 0 Å². The van der Waals surface area contributed by atoms with Crippen molar-refractivity contribution in [2.75, 3.05) is 0 Å². The Morgan fingerprint density at radius 3 is 2.86 bits per heavy atom. The van der Waals surface area contributed by atoms with E-state index in [2.05, 4.69) is 15.5 Å². The summed E-state index contributed by atoms with van der Waals surface area (Å²) >= 11 is 0. The predicted molar refractivity (Wildman–Crippen MR) is 82.3 cm³/mol. The second-order valence-corrected chi connectivity index (χ2v) is 6.06. The number of rotatable bonds is 3. The van der Waals surface area contributed by atoms with Crippen LogP contribution in [0.2, 0.25) is 0 Å². The molecule has 1 saturated carbocycles. The van der Waals surface area contributed by atoms with Gasteiger partial charge in [0, 0.05) is 17.3 Å². The third-order valence-electron chi connectivity index (χ3n) is 4.56. The van der Waals surface area contributed by atoms with Crippen LogP contribution in [0, 0.1) is 19.7 Å². The number of halogens is 1. The van der Waals surface area contributed by atoms with Gasteiger partial charge in [0.2, 0.25) is 0 Å². The van der Waals surface area contributed by atoms with Crippen molar-refractivity contribution < 1.29 is 9.18 Å². The molecule has 4 nitrogen and oxygen atoms in total. The number of nitrogens with one attached hydrogen (secondary N) is 2. The van der Waals surface area contributed by atoms with Gasteiger partial charge >= 0.3 is 0 Å². The molecule has 1 aliphatic rings. The molecule has 2 atom stereocenters. The van der Waals surface area contributed by atoms with E-state index in [1.165, 1.54) is 6.07 Å². The zero-order chi connectivity index (χ0) is 15.7. The van der Waals surface area contributed by atoms with Crippen LogP contribution in [0.15, 0.2) is 24.3 Å². The number of carbonyl (C=O) groups is 1. The first-order chi connectivity index (χ1) is 10.5. The van der Waals surface area contributed by atoms with E-state index in [9.17, 15) is 9.18 Å². The third-order valence-corrected chi connectivity index (χ3v) is 4.56. The minimum absolute atomic E-state index is 0.122. The van der Waals surface area contributed by atoms with Gasteiger partial charge < -0.3 is 5.32 Å². The third kappa shape index (κ3) is 2.89. The Morgan fingerprint density at radius 2 is 2.18 bits per heavy atom. The lowest BCUT2D eigenvalue weighted by Crippen LogP contribution is -2.33. The molecule has 1 amide bonds. The number of benzene rings is 1. The number of aromatic amines is 1. The molecule has 0 bridgehead atoms. The highest BCUT2D eigenvalue weighted by Crippen LogP contribution is 2.34. The maximum Gasteiger partial charge on any atom is 0.272 e. The maximum absolute atomic E-state index is 13.3. The van der Waals surface area contributed by atoms with E-state index in [4.69, 9.17) is 0 Å². The fourth-order valence-corrected chi connectivity index (χ4v) is 3.14. The molecule has 22 heavy (non-hydrogen) atoms. The fraction of sp³-hybridized carbons (Fsp3) is 0.412. The lowest BCUT2D eigenvalue weighted by atomic mass is 9.97. The van der Waals surface area contributed by atoms with Crippen molar-refractivity contribution in [3.63, 3.8) is 0 Å². The Labute approximate surface area is 129 Å². The van der Waals surface area contributed by atoms with Gasteiger partial charge in [0.15, 0.2) is 5.69 Å². The van der Waals surface area contributed by atoms with Crippen LogP contribution in [-0.4, -0.2) is 22.1 Å². The number of amides is 1. The highest BCUT2D eigenvalue weighted by Gasteiger charge is 2.28. The largest absolute Gasteiger partial charge is 0.348 e. The predicted octanol–water partition coefficient (Wildman–Crippen LogP) is 3.23. The van der Waals surface area contributed by atoms with Crippen molar-refractivity contribution in [3.05, 3.63) is 52.6 Å².